The molecule has 3 aliphatic rings. The number of fused-ring (bicyclic) bond motifs is 3. The van der Waals surface area contributed by atoms with Gasteiger partial charge < -0.3 is 9.64 Å². The van der Waals surface area contributed by atoms with E-state index in [0.29, 0.717) is 31.7 Å². The second kappa shape index (κ2) is 12.5. The van der Waals surface area contributed by atoms with Crippen molar-refractivity contribution in [1.29, 1.82) is 0 Å². The third kappa shape index (κ3) is 5.95. The fourth-order valence-corrected chi connectivity index (χ4v) is 7.51. The predicted molar refractivity (Wildman–Crippen MR) is 173 cm³/mol. The van der Waals surface area contributed by atoms with Gasteiger partial charge in [-0.25, -0.2) is 4.79 Å². The van der Waals surface area contributed by atoms with Crippen molar-refractivity contribution in [2.75, 3.05) is 45.9 Å². The SMILES string of the molecule is O=C(OCC1c2ccccc2-c2ccccc21)N1CCN([C@@H]2CCN(Cc3ccccc3)C[C@@H]2c2ccc(Cl)cc2)CC1. The van der Waals surface area contributed by atoms with Crippen molar-refractivity contribution in [2.45, 2.75) is 30.8 Å². The van der Waals surface area contributed by atoms with E-state index in [-0.39, 0.29) is 12.0 Å². The lowest BCUT2D eigenvalue weighted by atomic mass is 9.84. The second-order valence-electron chi connectivity index (χ2n) is 12.1. The summed E-state index contributed by atoms with van der Waals surface area (Å²) >= 11 is 6.26. The number of amides is 1. The monoisotopic (exact) mass is 591 g/mol. The zero-order valence-corrected chi connectivity index (χ0v) is 25.2. The highest BCUT2D eigenvalue weighted by Gasteiger charge is 2.37. The molecule has 2 saturated heterocycles. The first-order valence-corrected chi connectivity index (χ1v) is 15.9. The first-order valence-electron chi connectivity index (χ1n) is 15.5. The highest BCUT2D eigenvalue weighted by Crippen LogP contribution is 2.44. The molecule has 0 radical (unpaired) electrons. The van der Waals surface area contributed by atoms with Gasteiger partial charge in [0.1, 0.15) is 6.61 Å². The molecule has 1 amide bonds. The number of hydrogen-bond acceptors (Lipinski definition) is 4. The minimum absolute atomic E-state index is 0.0823. The largest absolute Gasteiger partial charge is 0.448 e. The van der Waals surface area contributed by atoms with E-state index in [1.165, 1.54) is 33.4 Å². The Morgan fingerprint density at radius 1 is 0.744 bits per heavy atom. The number of ether oxygens (including phenoxy) is 1. The molecule has 4 aromatic carbocycles. The van der Waals surface area contributed by atoms with Gasteiger partial charge in [0.2, 0.25) is 0 Å². The number of piperazine rings is 1. The van der Waals surface area contributed by atoms with Crippen molar-refractivity contribution in [1.82, 2.24) is 14.7 Å². The highest BCUT2D eigenvalue weighted by molar-refractivity contribution is 6.30. The number of carbonyl (C=O) groups excluding carboxylic acids is 1. The molecule has 0 unspecified atom stereocenters. The summed E-state index contributed by atoms with van der Waals surface area (Å²) in [6.45, 7) is 6.50. The summed E-state index contributed by atoms with van der Waals surface area (Å²) in [4.78, 5) is 20.3. The van der Waals surface area contributed by atoms with Crippen molar-refractivity contribution >= 4 is 17.7 Å². The number of likely N-dealkylation sites (tertiary alicyclic amines) is 1. The summed E-state index contributed by atoms with van der Waals surface area (Å²) in [5, 5.41) is 0.772. The molecular formula is C37H38ClN3O2. The maximum Gasteiger partial charge on any atom is 0.409 e. The van der Waals surface area contributed by atoms with Crippen LogP contribution in [0.2, 0.25) is 5.02 Å². The van der Waals surface area contributed by atoms with Gasteiger partial charge in [-0.15, -0.1) is 0 Å². The van der Waals surface area contributed by atoms with Crippen LogP contribution in [0.25, 0.3) is 11.1 Å². The van der Waals surface area contributed by atoms with Crippen molar-refractivity contribution in [3.63, 3.8) is 0 Å². The van der Waals surface area contributed by atoms with Gasteiger partial charge in [0, 0.05) is 68.7 Å². The molecule has 2 heterocycles. The fraction of sp³-hybridized carbons (Fsp3) is 0.324. The van der Waals surface area contributed by atoms with Crippen LogP contribution in [0, 0.1) is 0 Å². The van der Waals surface area contributed by atoms with Gasteiger partial charge in [0.05, 0.1) is 0 Å². The standard InChI is InChI=1S/C37H38ClN3O2/c38-29-16-14-28(15-17-29)34-25-39(24-27-8-2-1-3-9-27)19-18-36(34)40-20-22-41(23-21-40)37(42)43-26-35-32-12-6-4-10-30(32)31-11-5-7-13-33(31)35/h1-17,34-36H,18-26H2/t34-,36-/m1/s1. The lowest BCUT2D eigenvalue weighted by Crippen LogP contribution is -2.56. The van der Waals surface area contributed by atoms with Gasteiger partial charge in [-0.1, -0.05) is 103 Å². The van der Waals surface area contributed by atoms with Crippen LogP contribution in [0.3, 0.4) is 0 Å². The molecule has 2 fully saturated rings. The minimum Gasteiger partial charge on any atom is -0.448 e. The van der Waals surface area contributed by atoms with Gasteiger partial charge in [0.25, 0.3) is 0 Å². The topological polar surface area (TPSA) is 36.0 Å². The molecule has 6 heteroatoms. The Hall–Kier alpha value is -3.64. The van der Waals surface area contributed by atoms with Crippen LogP contribution in [0.15, 0.2) is 103 Å². The Balaban J connectivity index is 0.986. The van der Waals surface area contributed by atoms with E-state index < -0.39 is 0 Å². The van der Waals surface area contributed by atoms with Crippen LogP contribution in [0.1, 0.15) is 40.5 Å². The van der Waals surface area contributed by atoms with Gasteiger partial charge in [-0.2, -0.15) is 0 Å². The average Bonchev–Trinajstić information content (AvgIpc) is 3.38. The zero-order valence-electron chi connectivity index (χ0n) is 24.4. The van der Waals surface area contributed by atoms with Crippen LogP contribution >= 0.6 is 11.6 Å². The molecule has 220 valence electrons. The zero-order chi connectivity index (χ0) is 29.2. The molecule has 7 rings (SSSR count). The van der Waals surface area contributed by atoms with E-state index in [1.54, 1.807) is 0 Å². The lowest BCUT2D eigenvalue weighted by molar-refractivity contribution is 0.0349. The number of piperidine rings is 1. The van der Waals surface area contributed by atoms with Crippen LogP contribution in [0.4, 0.5) is 4.79 Å². The number of benzene rings is 4. The Morgan fingerprint density at radius 3 is 2.05 bits per heavy atom. The summed E-state index contributed by atoms with van der Waals surface area (Å²) in [6, 6.07) is 36.5. The Labute approximate surface area is 259 Å². The summed E-state index contributed by atoms with van der Waals surface area (Å²) in [5.74, 6) is 0.467. The third-order valence-electron chi connectivity index (χ3n) is 9.59. The summed E-state index contributed by atoms with van der Waals surface area (Å²) < 4.78 is 5.98. The van der Waals surface area contributed by atoms with E-state index in [9.17, 15) is 4.79 Å². The molecule has 1 aliphatic carbocycles. The first-order chi connectivity index (χ1) is 21.1. The van der Waals surface area contributed by atoms with Crippen molar-refractivity contribution in [3.05, 3.63) is 130 Å². The van der Waals surface area contributed by atoms with Crippen molar-refractivity contribution in [3.8, 4) is 11.1 Å². The second-order valence-corrected chi connectivity index (χ2v) is 12.5. The third-order valence-corrected chi connectivity index (χ3v) is 9.84. The molecule has 0 N–H and O–H groups in total. The number of hydrogen-bond donors (Lipinski definition) is 0. The molecule has 43 heavy (non-hydrogen) atoms. The van der Waals surface area contributed by atoms with Gasteiger partial charge >= 0.3 is 6.09 Å². The van der Waals surface area contributed by atoms with Crippen LogP contribution in [0.5, 0.6) is 0 Å². The van der Waals surface area contributed by atoms with Crippen LogP contribution in [-0.4, -0.2) is 72.7 Å². The maximum atomic E-state index is 13.3. The van der Waals surface area contributed by atoms with Crippen LogP contribution in [-0.2, 0) is 11.3 Å². The first kappa shape index (κ1) is 28.1. The van der Waals surface area contributed by atoms with Gasteiger partial charge in [-0.05, 0) is 51.9 Å². The van der Waals surface area contributed by atoms with Gasteiger partial charge in [0.15, 0.2) is 0 Å². The normalized spacial score (nSPS) is 20.9. The van der Waals surface area contributed by atoms with Gasteiger partial charge in [-0.3, -0.25) is 9.80 Å². The predicted octanol–water partition coefficient (Wildman–Crippen LogP) is 7.26. The quantitative estimate of drug-likeness (QED) is 0.236. The minimum atomic E-state index is -0.201. The smallest absolute Gasteiger partial charge is 0.409 e. The van der Waals surface area contributed by atoms with E-state index in [4.69, 9.17) is 16.3 Å². The molecule has 2 atom stereocenters. The molecule has 0 aromatic heterocycles. The summed E-state index contributed by atoms with van der Waals surface area (Å²) in [7, 11) is 0. The molecule has 0 spiro atoms. The maximum absolute atomic E-state index is 13.3. The van der Waals surface area contributed by atoms with E-state index in [2.05, 4.69) is 101 Å². The number of halogens is 1. The molecule has 2 aliphatic heterocycles. The van der Waals surface area contributed by atoms with Crippen molar-refractivity contribution in [2.24, 2.45) is 0 Å². The fourth-order valence-electron chi connectivity index (χ4n) is 7.39. The van der Waals surface area contributed by atoms with E-state index in [1.807, 2.05) is 17.0 Å². The van der Waals surface area contributed by atoms with E-state index >= 15 is 0 Å². The number of nitrogens with zero attached hydrogens (tertiary/aromatic N) is 3. The Bertz CT molecular complexity index is 1510. The average molecular weight is 592 g/mol. The lowest BCUT2D eigenvalue weighted by Gasteiger charge is -2.47. The molecule has 4 aromatic rings. The number of rotatable bonds is 6. The van der Waals surface area contributed by atoms with Crippen molar-refractivity contribution < 1.29 is 9.53 Å². The van der Waals surface area contributed by atoms with E-state index in [0.717, 1.165) is 44.2 Å². The molecule has 0 saturated carbocycles. The molecular weight excluding hydrogens is 554 g/mol. The molecule has 0 bridgehead atoms. The number of carbonyl (C=O) groups is 1. The molecule has 5 nitrogen and oxygen atoms in total. The highest BCUT2D eigenvalue weighted by atomic mass is 35.5. The summed E-state index contributed by atoms with van der Waals surface area (Å²) in [5.41, 5.74) is 7.68. The van der Waals surface area contributed by atoms with Crippen LogP contribution < -0.4 is 0 Å². The summed E-state index contributed by atoms with van der Waals surface area (Å²) in [6.07, 6.45) is 0.902. The Kier molecular flexibility index (Phi) is 8.20. The Morgan fingerprint density at radius 2 is 1.37 bits per heavy atom.